The lowest BCUT2D eigenvalue weighted by Gasteiger charge is -2.33. The molecule has 0 amide bonds. The third-order valence-electron chi connectivity index (χ3n) is 6.96. The van der Waals surface area contributed by atoms with Crippen molar-refractivity contribution in [1.82, 2.24) is 29.4 Å². The fraction of sp³-hybridized carbons (Fsp3) is 0.375. The molecule has 6 rings (SSSR count). The molecule has 0 aromatic carbocycles. The van der Waals surface area contributed by atoms with Crippen LogP contribution >= 0.6 is 0 Å². The first-order valence-electron chi connectivity index (χ1n) is 11.5. The molecule has 2 aliphatic rings. The van der Waals surface area contributed by atoms with Crippen molar-refractivity contribution in [2.75, 3.05) is 22.9 Å². The van der Waals surface area contributed by atoms with Crippen LogP contribution in [0.1, 0.15) is 34.5 Å². The Morgan fingerprint density at radius 3 is 2.79 bits per heavy atom. The van der Waals surface area contributed by atoms with Crippen molar-refractivity contribution >= 4 is 23.0 Å². The van der Waals surface area contributed by atoms with Crippen LogP contribution in [0.3, 0.4) is 0 Å². The first kappa shape index (κ1) is 20.8. The molecule has 0 radical (unpaired) electrons. The third kappa shape index (κ3) is 3.08. The molecule has 0 aliphatic carbocycles. The van der Waals surface area contributed by atoms with E-state index in [0.29, 0.717) is 24.6 Å². The molecule has 0 unspecified atom stereocenters. The summed E-state index contributed by atoms with van der Waals surface area (Å²) in [5.74, 6) is 0.884. The Balaban J connectivity index is 1.39. The van der Waals surface area contributed by atoms with E-state index in [0.717, 1.165) is 64.3 Å². The van der Waals surface area contributed by atoms with Crippen LogP contribution in [0.5, 0.6) is 0 Å². The van der Waals surface area contributed by atoms with Gasteiger partial charge < -0.3 is 9.80 Å². The van der Waals surface area contributed by atoms with E-state index in [4.69, 9.17) is 4.98 Å². The maximum absolute atomic E-state index is 14.3. The van der Waals surface area contributed by atoms with E-state index in [9.17, 15) is 9.18 Å². The van der Waals surface area contributed by atoms with E-state index >= 15 is 0 Å². The zero-order valence-electron chi connectivity index (χ0n) is 19.4. The molecule has 174 valence electrons. The molecule has 0 saturated heterocycles. The summed E-state index contributed by atoms with van der Waals surface area (Å²) in [5, 5.41) is 8.97. The molecular weight excluding hydrogens is 435 g/mol. The van der Waals surface area contributed by atoms with Crippen LogP contribution in [0.15, 0.2) is 29.3 Å². The van der Waals surface area contributed by atoms with E-state index in [1.54, 1.807) is 0 Å². The number of nitrogens with zero attached hydrogens (tertiary/aromatic N) is 8. The quantitative estimate of drug-likeness (QED) is 0.455. The third-order valence-corrected chi connectivity index (χ3v) is 6.96. The zero-order chi connectivity index (χ0) is 23.6. The molecule has 34 heavy (non-hydrogen) atoms. The van der Waals surface area contributed by atoms with Crippen molar-refractivity contribution < 1.29 is 4.39 Å². The predicted molar refractivity (Wildman–Crippen MR) is 126 cm³/mol. The summed E-state index contributed by atoms with van der Waals surface area (Å²) in [7, 11) is 0. The maximum atomic E-state index is 14.3. The van der Waals surface area contributed by atoms with Gasteiger partial charge in [0.1, 0.15) is 5.82 Å². The number of rotatable bonds is 2. The Kier molecular flexibility index (Phi) is 4.65. The number of anilines is 3. The Morgan fingerprint density at radius 1 is 1.09 bits per heavy atom. The van der Waals surface area contributed by atoms with Gasteiger partial charge in [-0.1, -0.05) is 0 Å². The topological polar surface area (TPSA) is 84.5 Å². The van der Waals surface area contributed by atoms with Gasteiger partial charge in [-0.25, -0.2) is 9.67 Å². The van der Waals surface area contributed by atoms with Crippen LogP contribution in [-0.4, -0.2) is 42.5 Å². The molecule has 0 bridgehead atoms. The maximum Gasteiger partial charge on any atom is 0.310 e. The minimum atomic E-state index is -0.863. The van der Waals surface area contributed by atoms with Crippen LogP contribution < -0.4 is 15.4 Å². The van der Waals surface area contributed by atoms with Crippen molar-refractivity contribution in [2.45, 2.75) is 46.7 Å². The van der Waals surface area contributed by atoms with Crippen molar-refractivity contribution in [2.24, 2.45) is 0 Å². The second-order valence-corrected chi connectivity index (χ2v) is 9.01. The molecule has 0 N–H and O–H groups in total. The summed E-state index contributed by atoms with van der Waals surface area (Å²) in [6.07, 6.45) is 5.56. The highest BCUT2D eigenvalue weighted by molar-refractivity contribution is 5.63. The monoisotopic (exact) mass is 460 g/mol. The van der Waals surface area contributed by atoms with Crippen LogP contribution in [0.4, 0.5) is 21.7 Å². The highest BCUT2D eigenvalue weighted by atomic mass is 19.1. The SMILES string of the molecule is Cc1nc2c(C)c(C)c(N3CCc4ncc(N5CCCn6nccc65)cc4C3)nn2c(=O)c1F. The molecule has 4 aromatic heterocycles. The molecule has 0 saturated carbocycles. The molecule has 4 aromatic rings. The number of fused-ring (bicyclic) bond motifs is 3. The Labute approximate surface area is 195 Å². The normalized spacial score (nSPS) is 15.5. The predicted octanol–water partition coefficient (Wildman–Crippen LogP) is 2.85. The summed E-state index contributed by atoms with van der Waals surface area (Å²) in [6.45, 7) is 8.54. The number of pyridine rings is 1. The first-order valence-corrected chi connectivity index (χ1v) is 11.5. The highest BCUT2D eigenvalue weighted by Crippen LogP contribution is 2.32. The fourth-order valence-electron chi connectivity index (χ4n) is 4.96. The number of aromatic nitrogens is 6. The Bertz CT molecular complexity index is 1510. The second-order valence-electron chi connectivity index (χ2n) is 9.01. The summed E-state index contributed by atoms with van der Waals surface area (Å²) in [5.41, 5.74) is 4.71. The van der Waals surface area contributed by atoms with E-state index in [1.807, 2.05) is 37.0 Å². The van der Waals surface area contributed by atoms with Gasteiger partial charge in [-0.3, -0.25) is 9.78 Å². The zero-order valence-corrected chi connectivity index (χ0v) is 19.4. The summed E-state index contributed by atoms with van der Waals surface area (Å²) in [4.78, 5) is 26.0. The van der Waals surface area contributed by atoms with Gasteiger partial charge in [0.05, 0.1) is 23.8 Å². The molecule has 6 heterocycles. The number of hydrogen-bond donors (Lipinski definition) is 0. The highest BCUT2D eigenvalue weighted by Gasteiger charge is 2.25. The molecule has 9 nitrogen and oxygen atoms in total. The fourth-order valence-corrected chi connectivity index (χ4v) is 4.96. The van der Waals surface area contributed by atoms with E-state index in [1.165, 1.54) is 6.92 Å². The Hall–Kier alpha value is -3.82. The smallest absolute Gasteiger partial charge is 0.310 e. The lowest BCUT2D eigenvalue weighted by atomic mass is 10.0. The van der Waals surface area contributed by atoms with Crippen LogP contribution in [0, 0.1) is 26.6 Å². The van der Waals surface area contributed by atoms with Crippen molar-refractivity contribution in [3.05, 3.63) is 68.8 Å². The summed E-state index contributed by atoms with van der Waals surface area (Å²) >= 11 is 0. The van der Waals surface area contributed by atoms with Gasteiger partial charge in [-0.2, -0.15) is 14.0 Å². The van der Waals surface area contributed by atoms with Gasteiger partial charge in [0.15, 0.2) is 11.5 Å². The summed E-state index contributed by atoms with van der Waals surface area (Å²) in [6, 6.07) is 4.22. The lowest BCUT2D eigenvalue weighted by Crippen LogP contribution is -2.35. The van der Waals surface area contributed by atoms with Crippen molar-refractivity contribution in [3.8, 4) is 0 Å². The summed E-state index contributed by atoms with van der Waals surface area (Å²) < 4.78 is 17.4. The van der Waals surface area contributed by atoms with Gasteiger partial charge in [-0.05, 0) is 38.8 Å². The number of halogens is 1. The minimum Gasteiger partial charge on any atom is -0.350 e. The molecule has 0 atom stereocenters. The second kappa shape index (κ2) is 7.61. The van der Waals surface area contributed by atoms with Gasteiger partial charge >= 0.3 is 5.56 Å². The van der Waals surface area contributed by atoms with E-state index in [-0.39, 0.29) is 5.69 Å². The van der Waals surface area contributed by atoms with Crippen LogP contribution in [0.25, 0.3) is 5.65 Å². The largest absolute Gasteiger partial charge is 0.350 e. The molecular formula is C24H25FN8O. The Morgan fingerprint density at radius 2 is 1.94 bits per heavy atom. The van der Waals surface area contributed by atoms with Gasteiger partial charge in [-0.15, -0.1) is 5.10 Å². The molecule has 0 fully saturated rings. The molecule has 2 aliphatic heterocycles. The van der Waals surface area contributed by atoms with Gasteiger partial charge in [0.2, 0.25) is 5.82 Å². The van der Waals surface area contributed by atoms with Crippen molar-refractivity contribution in [1.29, 1.82) is 0 Å². The number of hydrogen-bond acceptors (Lipinski definition) is 7. The lowest BCUT2D eigenvalue weighted by molar-refractivity contribution is 0.541. The standard InChI is InChI=1S/C24H25FN8O/c1-14-15(2)23(29-33-22(14)28-16(3)21(25)24(33)34)30-10-6-19-17(13-30)11-18(12-26-19)31-8-4-9-32-20(31)5-7-27-32/h5,7,11-12H,4,6,8-10,13H2,1-3H3. The van der Waals surface area contributed by atoms with Gasteiger partial charge in [0, 0.05) is 55.5 Å². The van der Waals surface area contributed by atoms with Crippen molar-refractivity contribution in [3.63, 3.8) is 0 Å². The average molecular weight is 461 g/mol. The number of aryl methyl sites for hydroxylation is 3. The van der Waals surface area contributed by atoms with Crippen LogP contribution in [-0.2, 0) is 19.5 Å². The van der Waals surface area contributed by atoms with Crippen LogP contribution in [0.2, 0.25) is 0 Å². The molecule has 10 heteroatoms. The average Bonchev–Trinajstić information content (AvgIpc) is 3.34. The molecule has 0 spiro atoms. The van der Waals surface area contributed by atoms with E-state index < -0.39 is 11.4 Å². The van der Waals surface area contributed by atoms with E-state index in [2.05, 4.69) is 31.0 Å². The van der Waals surface area contributed by atoms with Gasteiger partial charge in [0.25, 0.3) is 0 Å². The first-order chi connectivity index (χ1) is 16.4. The minimum absolute atomic E-state index is 0.0895.